The Morgan fingerprint density at radius 2 is 1.97 bits per heavy atom. The second-order valence-electron chi connectivity index (χ2n) is 5.60. The minimum Gasteiger partial charge on any atom is -0.493 e. The molecule has 2 aromatic rings. The van der Waals surface area contributed by atoms with Crippen molar-refractivity contribution in [1.29, 1.82) is 5.26 Å². The molecule has 1 aliphatic heterocycles. The Kier molecular flexibility index (Phi) is 6.04. The van der Waals surface area contributed by atoms with E-state index in [1.807, 2.05) is 6.07 Å². The molecule has 0 fully saturated rings. The average Bonchev–Trinajstić information content (AvgIpc) is 3.07. The van der Waals surface area contributed by atoms with Gasteiger partial charge in [-0.2, -0.15) is 14.0 Å². The first-order chi connectivity index (χ1) is 14.0. The van der Waals surface area contributed by atoms with E-state index >= 15 is 0 Å². The number of carbonyl (C=O) groups is 1. The molecule has 1 aliphatic rings. The minimum atomic E-state index is -2.93. The van der Waals surface area contributed by atoms with Crippen molar-refractivity contribution in [2.45, 2.75) is 6.61 Å². The van der Waals surface area contributed by atoms with Crippen LogP contribution in [0.4, 0.5) is 8.78 Å². The van der Waals surface area contributed by atoms with Crippen molar-refractivity contribution in [3.63, 3.8) is 0 Å². The highest BCUT2D eigenvalue weighted by molar-refractivity contribution is 6.12. The number of esters is 1. The molecule has 0 bridgehead atoms. The topological polar surface area (TPSA) is 90.1 Å². The Balaban J connectivity index is 1.82. The Labute approximate surface area is 164 Å². The quantitative estimate of drug-likeness (QED) is 0.522. The summed E-state index contributed by atoms with van der Waals surface area (Å²) >= 11 is 0. The molecule has 0 aliphatic carbocycles. The molecular formula is C20H14F2N2O5. The number of carbonyl (C=O) groups excluding carboxylic acids is 1. The summed E-state index contributed by atoms with van der Waals surface area (Å²) in [6.07, 6.45) is 1.50. The number of halogens is 2. The maximum Gasteiger partial charge on any atom is 0.387 e. The summed E-state index contributed by atoms with van der Waals surface area (Å²) < 4.78 is 44.3. The average molecular weight is 400 g/mol. The number of aliphatic imine (C=N–C) groups is 1. The molecule has 0 N–H and O–H groups in total. The maximum atomic E-state index is 12.2. The second kappa shape index (κ2) is 8.84. The van der Waals surface area contributed by atoms with Gasteiger partial charge in [0, 0.05) is 5.56 Å². The monoisotopic (exact) mass is 400 g/mol. The van der Waals surface area contributed by atoms with Crippen molar-refractivity contribution in [2.75, 3.05) is 13.7 Å². The number of hydrogen-bond acceptors (Lipinski definition) is 7. The molecule has 7 nitrogen and oxygen atoms in total. The lowest BCUT2D eigenvalue weighted by Crippen LogP contribution is -2.06. The number of methoxy groups -OCH3 is 1. The first-order valence-corrected chi connectivity index (χ1v) is 8.25. The lowest BCUT2D eigenvalue weighted by atomic mass is 10.1. The SMILES string of the molecule is COc1cc(/C=C2\N=C(c3ccc(OC(F)F)cc3)OC2=O)ccc1OCC#N. The van der Waals surface area contributed by atoms with Gasteiger partial charge in [-0.25, -0.2) is 9.79 Å². The van der Waals surface area contributed by atoms with Crippen LogP contribution in [0.5, 0.6) is 17.2 Å². The first-order valence-electron chi connectivity index (χ1n) is 8.25. The molecular weight excluding hydrogens is 386 g/mol. The standard InChI is InChI=1S/C20H14F2N2O5/c1-26-17-11-12(2-7-16(17)27-9-8-23)10-15-19(25)29-18(24-15)13-3-5-14(6-4-13)28-20(21)22/h2-7,10-11,20H,9H2,1H3/b15-10-. The smallest absolute Gasteiger partial charge is 0.387 e. The van der Waals surface area contributed by atoms with E-state index in [-0.39, 0.29) is 24.0 Å². The number of hydrogen-bond donors (Lipinski definition) is 0. The van der Waals surface area contributed by atoms with Crippen LogP contribution in [0.15, 0.2) is 53.2 Å². The van der Waals surface area contributed by atoms with Crippen LogP contribution in [0.25, 0.3) is 6.08 Å². The fourth-order valence-electron chi connectivity index (χ4n) is 2.47. The van der Waals surface area contributed by atoms with Crippen LogP contribution in [-0.4, -0.2) is 32.2 Å². The molecule has 0 spiro atoms. The summed E-state index contributed by atoms with van der Waals surface area (Å²) in [6.45, 7) is -3.05. The van der Waals surface area contributed by atoms with Crippen molar-refractivity contribution in [1.82, 2.24) is 0 Å². The van der Waals surface area contributed by atoms with Crippen LogP contribution in [0.1, 0.15) is 11.1 Å². The van der Waals surface area contributed by atoms with Crippen LogP contribution in [-0.2, 0) is 9.53 Å². The third kappa shape index (κ3) is 4.87. The molecule has 2 aromatic carbocycles. The van der Waals surface area contributed by atoms with Gasteiger partial charge in [0.25, 0.3) is 0 Å². The molecule has 0 atom stereocenters. The number of rotatable bonds is 7. The van der Waals surface area contributed by atoms with E-state index in [0.29, 0.717) is 22.6 Å². The van der Waals surface area contributed by atoms with Crippen molar-refractivity contribution in [3.05, 3.63) is 59.3 Å². The summed E-state index contributed by atoms with van der Waals surface area (Å²) in [5, 5.41) is 8.61. The summed E-state index contributed by atoms with van der Waals surface area (Å²) in [6, 6.07) is 12.3. The van der Waals surface area contributed by atoms with Gasteiger partial charge >= 0.3 is 12.6 Å². The fourth-order valence-corrected chi connectivity index (χ4v) is 2.47. The molecule has 0 aromatic heterocycles. The third-order valence-corrected chi connectivity index (χ3v) is 3.73. The van der Waals surface area contributed by atoms with E-state index in [9.17, 15) is 13.6 Å². The summed E-state index contributed by atoms with van der Waals surface area (Å²) in [5.41, 5.74) is 1.09. The predicted molar refractivity (Wildman–Crippen MR) is 97.8 cm³/mol. The third-order valence-electron chi connectivity index (χ3n) is 3.73. The van der Waals surface area contributed by atoms with Gasteiger partial charge < -0.3 is 18.9 Å². The van der Waals surface area contributed by atoms with Gasteiger partial charge in [-0.15, -0.1) is 0 Å². The lowest BCUT2D eigenvalue weighted by molar-refractivity contribution is -0.129. The van der Waals surface area contributed by atoms with Gasteiger partial charge in [-0.05, 0) is 48.0 Å². The van der Waals surface area contributed by atoms with E-state index in [1.54, 1.807) is 18.2 Å². The lowest BCUT2D eigenvalue weighted by Gasteiger charge is -2.08. The number of benzene rings is 2. The number of nitrogens with zero attached hydrogens (tertiary/aromatic N) is 2. The van der Waals surface area contributed by atoms with Gasteiger partial charge in [0.1, 0.15) is 11.8 Å². The molecule has 3 rings (SSSR count). The van der Waals surface area contributed by atoms with Crippen LogP contribution < -0.4 is 14.2 Å². The number of ether oxygens (including phenoxy) is 4. The number of cyclic esters (lactones) is 1. The largest absolute Gasteiger partial charge is 0.493 e. The molecule has 148 valence electrons. The molecule has 9 heteroatoms. The second-order valence-corrected chi connectivity index (χ2v) is 5.60. The maximum absolute atomic E-state index is 12.2. The predicted octanol–water partition coefficient (Wildman–Crippen LogP) is 3.54. The van der Waals surface area contributed by atoms with Crippen LogP contribution in [0.2, 0.25) is 0 Å². The summed E-state index contributed by atoms with van der Waals surface area (Å²) in [4.78, 5) is 16.3. The molecule has 0 saturated carbocycles. The van der Waals surface area contributed by atoms with E-state index in [4.69, 9.17) is 19.5 Å². The zero-order valence-electron chi connectivity index (χ0n) is 15.1. The molecule has 0 amide bonds. The number of nitriles is 1. The van der Waals surface area contributed by atoms with E-state index < -0.39 is 12.6 Å². The fraction of sp³-hybridized carbons (Fsp3) is 0.150. The summed E-state index contributed by atoms with van der Waals surface area (Å²) in [7, 11) is 1.45. The molecule has 29 heavy (non-hydrogen) atoms. The number of alkyl halides is 2. The highest BCUT2D eigenvalue weighted by atomic mass is 19.3. The minimum absolute atomic E-state index is 0.0183. The van der Waals surface area contributed by atoms with Gasteiger partial charge in [0.05, 0.1) is 7.11 Å². The molecule has 0 saturated heterocycles. The molecule has 1 heterocycles. The summed E-state index contributed by atoms with van der Waals surface area (Å²) in [5.74, 6) is 0.151. The Hall–Kier alpha value is -3.93. The van der Waals surface area contributed by atoms with Crippen molar-refractivity contribution < 1.29 is 32.5 Å². The van der Waals surface area contributed by atoms with E-state index in [1.165, 1.54) is 37.5 Å². The van der Waals surface area contributed by atoms with Crippen LogP contribution in [0.3, 0.4) is 0 Å². The van der Waals surface area contributed by atoms with Crippen LogP contribution >= 0.6 is 0 Å². The normalized spacial score (nSPS) is 14.4. The van der Waals surface area contributed by atoms with E-state index in [2.05, 4.69) is 9.73 Å². The van der Waals surface area contributed by atoms with Gasteiger partial charge in [0.2, 0.25) is 5.90 Å². The van der Waals surface area contributed by atoms with Gasteiger partial charge in [-0.1, -0.05) is 6.07 Å². The van der Waals surface area contributed by atoms with Crippen molar-refractivity contribution in [3.8, 4) is 23.3 Å². The van der Waals surface area contributed by atoms with Gasteiger partial charge in [-0.3, -0.25) is 0 Å². The zero-order chi connectivity index (χ0) is 20.8. The van der Waals surface area contributed by atoms with Crippen LogP contribution in [0, 0.1) is 11.3 Å². The van der Waals surface area contributed by atoms with Gasteiger partial charge in [0.15, 0.2) is 23.8 Å². The Morgan fingerprint density at radius 1 is 1.21 bits per heavy atom. The molecule has 0 unspecified atom stereocenters. The molecule has 0 radical (unpaired) electrons. The zero-order valence-corrected chi connectivity index (χ0v) is 15.1. The Morgan fingerprint density at radius 3 is 2.62 bits per heavy atom. The van der Waals surface area contributed by atoms with E-state index in [0.717, 1.165) is 0 Å². The van der Waals surface area contributed by atoms with Crippen molar-refractivity contribution in [2.24, 2.45) is 4.99 Å². The highest BCUT2D eigenvalue weighted by Gasteiger charge is 2.24. The highest BCUT2D eigenvalue weighted by Crippen LogP contribution is 2.30. The first kappa shape index (κ1) is 19.8. The Bertz CT molecular complexity index is 1010. The van der Waals surface area contributed by atoms with Crippen molar-refractivity contribution >= 4 is 17.9 Å².